The second kappa shape index (κ2) is 7.71. The number of thiocarbonyl (C=S) groups is 1. The van der Waals surface area contributed by atoms with E-state index < -0.39 is 18.1 Å². The SMILES string of the molecule is CN(C)c1ccc(N2C(=S)N(Cc3cn(C)c4ccccc34)[C@H]3[C@H]4OC(=O)[C@H](C[C@H]4O)[C@H]32)cc1. The Labute approximate surface area is 204 Å². The smallest absolute Gasteiger partial charge is 0.311 e. The third-order valence-corrected chi connectivity index (χ3v) is 8.03. The molecule has 0 radical (unpaired) electrons. The fraction of sp³-hybridized carbons (Fsp3) is 0.385. The van der Waals surface area contributed by atoms with Crippen molar-refractivity contribution in [2.75, 3.05) is 23.9 Å². The van der Waals surface area contributed by atoms with Gasteiger partial charge in [-0.3, -0.25) is 4.79 Å². The summed E-state index contributed by atoms with van der Waals surface area (Å²) in [4.78, 5) is 19.1. The molecule has 1 aromatic heterocycles. The van der Waals surface area contributed by atoms with Gasteiger partial charge in [-0.05, 0) is 54.5 Å². The summed E-state index contributed by atoms with van der Waals surface area (Å²) in [5, 5.41) is 12.6. The fourth-order valence-corrected chi connectivity index (χ4v) is 6.40. The molecule has 2 aromatic carbocycles. The summed E-state index contributed by atoms with van der Waals surface area (Å²) in [7, 11) is 6.06. The molecule has 0 amide bonds. The molecule has 3 saturated heterocycles. The van der Waals surface area contributed by atoms with Crippen LogP contribution in [-0.4, -0.2) is 64.0 Å². The number of aliphatic hydroxyl groups excluding tert-OH is 1. The summed E-state index contributed by atoms with van der Waals surface area (Å²) in [5.41, 5.74) is 4.37. The molecule has 4 fully saturated rings. The maximum absolute atomic E-state index is 12.8. The lowest BCUT2D eigenvalue weighted by atomic mass is 9.74. The molecule has 2 bridgehead atoms. The number of aromatic nitrogens is 1. The predicted octanol–water partition coefficient (Wildman–Crippen LogP) is 2.89. The van der Waals surface area contributed by atoms with Crippen LogP contribution in [0.4, 0.5) is 11.4 Å². The van der Waals surface area contributed by atoms with Gasteiger partial charge in [-0.1, -0.05) is 18.2 Å². The normalized spacial score (nSPS) is 27.9. The molecule has 176 valence electrons. The fourth-order valence-electron chi connectivity index (χ4n) is 5.99. The maximum Gasteiger partial charge on any atom is 0.311 e. The van der Waals surface area contributed by atoms with Gasteiger partial charge in [0.1, 0.15) is 6.10 Å². The van der Waals surface area contributed by atoms with Crippen LogP contribution in [0.25, 0.3) is 10.9 Å². The van der Waals surface area contributed by atoms with Gasteiger partial charge in [-0.15, -0.1) is 0 Å². The lowest BCUT2D eigenvalue weighted by molar-refractivity contribution is -0.194. The number of carbonyl (C=O) groups is 1. The van der Waals surface area contributed by atoms with E-state index in [1.54, 1.807) is 0 Å². The molecule has 1 saturated carbocycles. The van der Waals surface area contributed by atoms with Crippen LogP contribution in [-0.2, 0) is 23.1 Å². The first-order valence-electron chi connectivity index (χ1n) is 11.6. The number of rotatable bonds is 4. The van der Waals surface area contributed by atoms with E-state index >= 15 is 0 Å². The Bertz CT molecular complexity index is 1290. The van der Waals surface area contributed by atoms with Crippen molar-refractivity contribution in [1.29, 1.82) is 0 Å². The number of fused-ring (bicyclic) bond motifs is 3. The van der Waals surface area contributed by atoms with Gasteiger partial charge >= 0.3 is 5.97 Å². The Balaban J connectivity index is 1.43. The zero-order valence-corrected chi connectivity index (χ0v) is 20.3. The molecule has 1 N–H and O–H groups in total. The summed E-state index contributed by atoms with van der Waals surface area (Å²) in [6, 6.07) is 16.2. The Kier molecular flexibility index (Phi) is 4.86. The molecular weight excluding hydrogens is 448 g/mol. The van der Waals surface area contributed by atoms with Crippen LogP contribution >= 0.6 is 12.2 Å². The van der Waals surface area contributed by atoms with Gasteiger partial charge in [0, 0.05) is 56.2 Å². The van der Waals surface area contributed by atoms with Crippen LogP contribution in [0.1, 0.15) is 12.0 Å². The van der Waals surface area contributed by atoms with Crippen molar-refractivity contribution in [3.63, 3.8) is 0 Å². The first-order valence-corrected chi connectivity index (χ1v) is 12.0. The summed E-state index contributed by atoms with van der Waals surface area (Å²) in [6.07, 6.45) is 1.27. The minimum absolute atomic E-state index is 0.165. The van der Waals surface area contributed by atoms with Gasteiger partial charge in [-0.2, -0.15) is 0 Å². The molecular formula is C26H28N4O3S. The van der Waals surface area contributed by atoms with E-state index in [1.165, 1.54) is 5.39 Å². The Morgan fingerprint density at radius 3 is 2.59 bits per heavy atom. The Hall–Kier alpha value is -3.10. The first-order chi connectivity index (χ1) is 16.3. The van der Waals surface area contributed by atoms with Crippen LogP contribution < -0.4 is 9.80 Å². The lowest BCUT2D eigenvalue weighted by Gasteiger charge is -2.49. The van der Waals surface area contributed by atoms with Crippen molar-refractivity contribution >= 4 is 45.6 Å². The number of carbonyl (C=O) groups excluding carboxylic acids is 1. The molecule has 7 nitrogen and oxygen atoms in total. The largest absolute Gasteiger partial charge is 0.457 e. The molecule has 3 aromatic rings. The number of hydrogen-bond donors (Lipinski definition) is 1. The van der Waals surface area contributed by atoms with E-state index in [2.05, 4.69) is 61.9 Å². The average Bonchev–Trinajstić information content (AvgIpc) is 3.30. The number of aryl methyl sites for hydroxylation is 1. The highest BCUT2D eigenvalue weighted by molar-refractivity contribution is 7.80. The van der Waals surface area contributed by atoms with Gasteiger partial charge < -0.3 is 29.1 Å². The van der Waals surface area contributed by atoms with E-state index in [0.29, 0.717) is 18.1 Å². The number of para-hydroxylation sites is 1. The molecule has 4 aliphatic rings. The second-order valence-corrected chi connectivity index (χ2v) is 10.1. The van der Waals surface area contributed by atoms with Crippen LogP contribution in [0.2, 0.25) is 0 Å². The summed E-state index contributed by atoms with van der Waals surface area (Å²) < 4.78 is 7.85. The summed E-state index contributed by atoms with van der Waals surface area (Å²) >= 11 is 6.07. The maximum atomic E-state index is 12.8. The van der Waals surface area contributed by atoms with Gasteiger partial charge in [0.2, 0.25) is 0 Å². The van der Waals surface area contributed by atoms with Gasteiger partial charge in [0.15, 0.2) is 5.11 Å². The number of benzene rings is 2. The number of hydrogen-bond acceptors (Lipinski definition) is 5. The van der Waals surface area contributed by atoms with Crippen molar-refractivity contribution < 1.29 is 14.6 Å². The highest BCUT2D eigenvalue weighted by atomic mass is 32.1. The van der Waals surface area contributed by atoms with Crippen LogP contribution in [0.3, 0.4) is 0 Å². The topological polar surface area (TPSA) is 61.2 Å². The molecule has 8 heteroatoms. The van der Waals surface area contributed by atoms with E-state index in [9.17, 15) is 9.90 Å². The van der Waals surface area contributed by atoms with Gasteiger partial charge in [0.05, 0.1) is 24.1 Å². The van der Waals surface area contributed by atoms with Crippen LogP contribution in [0, 0.1) is 5.92 Å². The Morgan fingerprint density at radius 2 is 1.85 bits per heavy atom. The van der Waals surface area contributed by atoms with Crippen molar-refractivity contribution in [2.24, 2.45) is 13.0 Å². The van der Waals surface area contributed by atoms with Crippen molar-refractivity contribution in [1.82, 2.24) is 9.47 Å². The lowest BCUT2D eigenvalue weighted by Crippen LogP contribution is -2.66. The minimum Gasteiger partial charge on any atom is -0.457 e. The first kappa shape index (κ1) is 21.4. The standard InChI is InChI=1S/C26H28N4O3S/c1-27(2)16-8-10-17(11-9-16)30-22-19-12-21(31)24(33-25(19)32)23(22)29(26(30)34)14-15-13-28(3)20-7-5-4-6-18(15)20/h4-11,13,19,21-24,31H,12,14H2,1-3H3/t19-,21-,22-,23-,24+/m1/s1. The zero-order valence-electron chi connectivity index (χ0n) is 19.5. The number of esters is 1. The van der Waals surface area contributed by atoms with Crippen molar-refractivity contribution in [2.45, 2.75) is 37.3 Å². The average molecular weight is 477 g/mol. The molecule has 3 aliphatic heterocycles. The molecule has 5 atom stereocenters. The van der Waals surface area contributed by atoms with Gasteiger partial charge in [0.25, 0.3) is 0 Å². The quantitative estimate of drug-likeness (QED) is 0.459. The van der Waals surface area contributed by atoms with Crippen LogP contribution in [0.5, 0.6) is 0 Å². The minimum atomic E-state index is -0.683. The number of anilines is 2. The van der Waals surface area contributed by atoms with E-state index in [0.717, 1.165) is 22.5 Å². The molecule has 34 heavy (non-hydrogen) atoms. The molecule has 0 unspecified atom stereocenters. The summed E-state index contributed by atoms with van der Waals surface area (Å²) in [5.74, 6) is -0.657. The van der Waals surface area contributed by atoms with E-state index in [-0.39, 0.29) is 18.1 Å². The van der Waals surface area contributed by atoms with E-state index in [1.807, 2.05) is 33.3 Å². The van der Waals surface area contributed by atoms with Gasteiger partial charge in [-0.25, -0.2) is 0 Å². The predicted molar refractivity (Wildman–Crippen MR) is 136 cm³/mol. The Morgan fingerprint density at radius 1 is 1.12 bits per heavy atom. The van der Waals surface area contributed by atoms with Crippen molar-refractivity contribution in [3.05, 3.63) is 60.3 Å². The monoisotopic (exact) mass is 476 g/mol. The number of aliphatic hydroxyl groups is 1. The van der Waals surface area contributed by atoms with Crippen LogP contribution in [0.15, 0.2) is 54.7 Å². The van der Waals surface area contributed by atoms with Crippen molar-refractivity contribution in [3.8, 4) is 0 Å². The highest BCUT2D eigenvalue weighted by Crippen LogP contribution is 2.46. The number of nitrogens with zero attached hydrogens (tertiary/aromatic N) is 4. The molecule has 4 heterocycles. The summed E-state index contributed by atoms with van der Waals surface area (Å²) in [6.45, 7) is 0.584. The molecule has 1 aliphatic carbocycles. The molecule has 7 rings (SSSR count). The highest BCUT2D eigenvalue weighted by Gasteiger charge is 2.63. The third kappa shape index (κ3) is 3.05. The zero-order chi connectivity index (χ0) is 23.7. The number of ether oxygens (including phenoxy) is 1. The second-order valence-electron chi connectivity index (χ2n) is 9.77. The molecule has 0 spiro atoms. The third-order valence-electron chi connectivity index (χ3n) is 7.60. The van der Waals surface area contributed by atoms with E-state index in [4.69, 9.17) is 17.0 Å².